The fraction of sp³-hybridized carbons (Fsp3) is 0.333. The number of nitrogens with one attached hydrogen (secondary N) is 1. The van der Waals surface area contributed by atoms with E-state index in [0.717, 1.165) is 12.8 Å². The lowest BCUT2D eigenvalue weighted by Crippen LogP contribution is -2.33. The molecule has 1 aliphatic carbocycles. The van der Waals surface area contributed by atoms with Crippen LogP contribution in [0.15, 0.2) is 48.5 Å². The van der Waals surface area contributed by atoms with E-state index in [1.54, 1.807) is 12.1 Å². The van der Waals surface area contributed by atoms with Gasteiger partial charge in [-0.15, -0.1) is 0 Å². The van der Waals surface area contributed by atoms with E-state index in [9.17, 15) is 4.39 Å². The number of hydrogen-bond donors (Lipinski definition) is 1. The fourth-order valence-corrected chi connectivity index (χ4v) is 2.83. The second kappa shape index (κ2) is 5.76. The van der Waals surface area contributed by atoms with Crippen molar-refractivity contribution in [1.29, 1.82) is 0 Å². The number of nitrogens with zero attached hydrogens (tertiary/aromatic N) is 1. The Morgan fingerprint density at radius 2 is 1.57 bits per heavy atom. The van der Waals surface area contributed by atoms with Crippen molar-refractivity contribution < 1.29 is 4.39 Å². The summed E-state index contributed by atoms with van der Waals surface area (Å²) in [5.74, 6) is 0.401. The summed E-state index contributed by atoms with van der Waals surface area (Å²) in [5.41, 5.74) is 3.62. The Kier molecular flexibility index (Phi) is 3.82. The van der Waals surface area contributed by atoms with E-state index in [2.05, 4.69) is 34.5 Å². The zero-order chi connectivity index (χ0) is 14.8. The van der Waals surface area contributed by atoms with Crippen LogP contribution in [-0.2, 0) is 0 Å². The molecule has 1 N–H and O–H groups in total. The van der Waals surface area contributed by atoms with E-state index in [0.29, 0.717) is 12.0 Å². The van der Waals surface area contributed by atoms with E-state index >= 15 is 0 Å². The zero-order valence-corrected chi connectivity index (χ0v) is 12.5. The van der Waals surface area contributed by atoms with Crippen molar-refractivity contribution in [2.45, 2.75) is 24.8 Å². The molecule has 1 saturated carbocycles. The maximum absolute atomic E-state index is 12.9. The number of hydrogen-bond acceptors (Lipinski definition) is 2. The lowest BCUT2D eigenvalue weighted by molar-refractivity contribution is 0.374. The minimum Gasteiger partial charge on any atom is -0.382 e. The summed E-state index contributed by atoms with van der Waals surface area (Å²) < 4.78 is 12.9. The van der Waals surface area contributed by atoms with Gasteiger partial charge in [0, 0.05) is 31.5 Å². The van der Waals surface area contributed by atoms with Crippen LogP contribution in [0.4, 0.5) is 15.8 Å². The Balaban J connectivity index is 1.53. The van der Waals surface area contributed by atoms with Gasteiger partial charge in [0.1, 0.15) is 5.82 Å². The molecule has 0 saturated heterocycles. The van der Waals surface area contributed by atoms with Crippen LogP contribution in [0.3, 0.4) is 0 Å². The number of anilines is 2. The number of benzene rings is 2. The first-order valence-electron chi connectivity index (χ1n) is 7.41. The molecule has 0 spiro atoms. The Morgan fingerprint density at radius 1 is 0.952 bits per heavy atom. The molecule has 0 amide bonds. The highest BCUT2D eigenvalue weighted by Crippen LogP contribution is 2.38. The van der Waals surface area contributed by atoms with E-state index in [4.69, 9.17) is 0 Å². The van der Waals surface area contributed by atoms with Gasteiger partial charge < -0.3 is 10.2 Å². The second-order valence-corrected chi connectivity index (χ2v) is 6.00. The Morgan fingerprint density at radius 3 is 2.14 bits per heavy atom. The standard InChI is InChI=1S/C18H21FN2/c1-21(2)18-9-7-16(8-10-18)20-17-11-14(12-17)13-3-5-15(19)6-4-13/h3-10,14,17,20H,11-12H2,1-2H3. The molecule has 3 heteroatoms. The quantitative estimate of drug-likeness (QED) is 0.903. The van der Waals surface area contributed by atoms with Gasteiger partial charge in [-0.05, 0) is 60.7 Å². The maximum Gasteiger partial charge on any atom is 0.123 e. The monoisotopic (exact) mass is 284 g/mol. The summed E-state index contributed by atoms with van der Waals surface area (Å²) in [6.45, 7) is 0. The van der Waals surface area contributed by atoms with Crippen LogP contribution in [0.1, 0.15) is 24.3 Å². The third-order valence-corrected chi connectivity index (χ3v) is 4.23. The van der Waals surface area contributed by atoms with Gasteiger partial charge in [-0.3, -0.25) is 0 Å². The van der Waals surface area contributed by atoms with Crippen molar-refractivity contribution in [3.63, 3.8) is 0 Å². The van der Waals surface area contributed by atoms with Crippen molar-refractivity contribution in [3.05, 3.63) is 59.9 Å². The highest BCUT2D eigenvalue weighted by molar-refractivity contribution is 5.55. The first-order chi connectivity index (χ1) is 10.1. The summed E-state index contributed by atoms with van der Waals surface area (Å²) in [7, 11) is 4.09. The molecule has 0 aromatic heterocycles. The Hall–Kier alpha value is -2.03. The summed E-state index contributed by atoms with van der Waals surface area (Å²) in [6.07, 6.45) is 2.22. The minimum atomic E-state index is -0.159. The van der Waals surface area contributed by atoms with Crippen LogP contribution in [0.25, 0.3) is 0 Å². The van der Waals surface area contributed by atoms with Gasteiger partial charge in [-0.2, -0.15) is 0 Å². The van der Waals surface area contributed by atoms with Crippen LogP contribution in [-0.4, -0.2) is 20.1 Å². The van der Waals surface area contributed by atoms with Crippen LogP contribution < -0.4 is 10.2 Å². The molecule has 0 radical (unpaired) electrons. The van der Waals surface area contributed by atoms with Crippen LogP contribution in [0.5, 0.6) is 0 Å². The highest BCUT2D eigenvalue weighted by Gasteiger charge is 2.30. The van der Waals surface area contributed by atoms with E-state index in [1.165, 1.54) is 16.9 Å². The molecule has 2 nitrogen and oxygen atoms in total. The van der Waals surface area contributed by atoms with E-state index in [1.807, 2.05) is 26.2 Å². The molecule has 2 aromatic rings. The molecule has 0 atom stereocenters. The number of rotatable bonds is 4. The third kappa shape index (κ3) is 3.18. The molecule has 0 bridgehead atoms. The maximum atomic E-state index is 12.9. The first-order valence-corrected chi connectivity index (χ1v) is 7.41. The average molecular weight is 284 g/mol. The molecule has 2 aromatic carbocycles. The normalized spacial score (nSPS) is 20.7. The van der Waals surface area contributed by atoms with Crippen LogP contribution in [0, 0.1) is 5.82 Å². The fourth-order valence-electron chi connectivity index (χ4n) is 2.83. The summed E-state index contributed by atoms with van der Waals surface area (Å²) in [5, 5.41) is 3.56. The topological polar surface area (TPSA) is 15.3 Å². The van der Waals surface area contributed by atoms with Crippen LogP contribution in [0.2, 0.25) is 0 Å². The number of halogens is 1. The Labute approximate surface area is 125 Å². The van der Waals surface area contributed by atoms with Gasteiger partial charge >= 0.3 is 0 Å². The van der Waals surface area contributed by atoms with Crippen molar-refractivity contribution in [3.8, 4) is 0 Å². The molecule has 1 aliphatic rings. The van der Waals surface area contributed by atoms with Gasteiger partial charge in [0.15, 0.2) is 0 Å². The summed E-state index contributed by atoms with van der Waals surface area (Å²) >= 11 is 0. The van der Waals surface area contributed by atoms with Crippen LogP contribution >= 0.6 is 0 Å². The molecule has 110 valence electrons. The molecular weight excluding hydrogens is 263 g/mol. The van der Waals surface area contributed by atoms with Crippen molar-refractivity contribution in [2.24, 2.45) is 0 Å². The largest absolute Gasteiger partial charge is 0.382 e. The van der Waals surface area contributed by atoms with Gasteiger partial charge in [0.2, 0.25) is 0 Å². The molecular formula is C18H21FN2. The SMILES string of the molecule is CN(C)c1ccc(NC2CC(c3ccc(F)cc3)C2)cc1. The molecule has 0 heterocycles. The molecule has 3 rings (SSSR count). The van der Waals surface area contributed by atoms with E-state index in [-0.39, 0.29) is 5.82 Å². The zero-order valence-electron chi connectivity index (χ0n) is 12.5. The minimum absolute atomic E-state index is 0.159. The van der Waals surface area contributed by atoms with E-state index < -0.39 is 0 Å². The molecule has 0 aliphatic heterocycles. The average Bonchev–Trinajstić information content (AvgIpc) is 2.44. The van der Waals surface area contributed by atoms with Crippen molar-refractivity contribution >= 4 is 11.4 Å². The highest BCUT2D eigenvalue weighted by atomic mass is 19.1. The lowest BCUT2D eigenvalue weighted by atomic mass is 9.76. The predicted molar refractivity (Wildman–Crippen MR) is 86.6 cm³/mol. The van der Waals surface area contributed by atoms with Crippen molar-refractivity contribution in [2.75, 3.05) is 24.3 Å². The molecule has 21 heavy (non-hydrogen) atoms. The predicted octanol–water partition coefficient (Wildman–Crippen LogP) is 4.25. The third-order valence-electron chi connectivity index (χ3n) is 4.23. The van der Waals surface area contributed by atoms with Gasteiger partial charge in [-0.1, -0.05) is 12.1 Å². The Bertz CT molecular complexity index is 584. The second-order valence-electron chi connectivity index (χ2n) is 6.00. The summed E-state index contributed by atoms with van der Waals surface area (Å²) in [6, 6.07) is 15.9. The lowest BCUT2D eigenvalue weighted by Gasteiger charge is -2.37. The first kappa shape index (κ1) is 13.9. The molecule has 0 unspecified atom stereocenters. The van der Waals surface area contributed by atoms with Gasteiger partial charge in [-0.25, -0.2) is 4.39 Å². The van der Waals surface area contributed by atoms with Gasteiger partial charge in [0.05, 0.1) is 0 Å². The summed E-state index contributed by atoms with van der Waals surface area (Å²) in [4.78, 5) is 2.09. The molecule has 1 fully saturated rings. The van der Waals surface area contributed by atoms with Gasteiger partial charge in [0.25, 0.3) is 0 Å². The smallest absolute Gasteiger partial charge is 0.123 e. The van der Waals surface area contributed by atoms with Crippen molar-refractivity contribution in [1.82, 2.24) is 0 Å².